The number of hydrogen-bond acceptors (Lipinski definition) is 4. The van der Waals surface area contributed by atoms with Crippen LogP contribution in [0.4, 0.5) is 14.9 Å². The number of anilines is 1. The molecule has 0 radical (unpaired) electrons. The summed E-state index contributed by atoms with van der Waals surface area (Å²) in [6, 6.07) is 3.92. The molecule has 0 saturated carbocycles. The minimum absolute atomic E-state index is 0.138. The molecular weight excluding hydrogens is 263 g/mol. The quantitative estimate of drug-likeness (QED) is 0.900. The van der Waals surface area contributed by atoms with Crippen molar-refractivity contribution in [3.8, 4) is 0 Å². The zero-order chi connectivity index (χ0) is 14.5. The second-order valence-electron chi connectivity index (χ2n) is 4.21. The lowest BCUT2D eigenvalue weighted by Crippen LogP contribution is -2.28. The van der Waals surface area contributed by atoms with E-state index in [9.17, 15) is 9.18 Å². The maximum atomic E-state index is 13.1. The third-order valence-corrected chi connectivity index (χ3v) is 2.63. The molecule has 1 aromatic heterocycles. The van der Waals surface area contributed by atoms with Crippen molar-refractivity contribution in [2.45, 2.75) is 26.8 Å². The molecule has 0 saturated heterocycles. The van der Waals surface area contributed by atoms with Crippen molar-refractivity contribution in [2.24, 2.45) is 0 Å². The van der Waals surface area contributed by atoms with Crippen LogP contribution in [-0.2, 0) is 13.0 Å². The fourth-order valence-corrected chi connectivity index (χ4v) is 1.56. The van der Waals surface area contributed by atoms with Crippen molar-refractivity contribution in [1.29, 1.82) is 0 Å². The van der Waals surface area contributed by atoms with Crippen LogP contribution < -0.4 is 10.6 Å². The zero-order valence-electron chi connectivity index (χ0n) is 11.2. The molecule has 7 heteroatoms. The number of carbonyl (C=O) groups excluding carboxylic acids is 1. The van der Waals surface area contributed by atoms with E-state index in [1.54, 1.807) is 13.0 Å². The molecule has 1 heterocycles. The van der Waals surface area contributed by atoms with Crippen LogP contribution in [0.3, 0.4) is 0 Å². The number of benzene rings is 1. The van der Waals surface area contributed by atoms with Crippen LogP contribution in [0.25, 0.3) is 0 Å². The molecule has 2 N–H and O–H groups in total. The fraction of sp³-hybridized carbons (Fsp3) is 0.308. The van der Waals surface area contributed by atoms with Gasteiger partial charge in [-0.3, -0.25) is 0 Å². The average Bonchev–Trinajstić information content (AvgIpc) is 2.89. The summed E-state index contributed by atoms with van der Waals surface area (Å²) >= 11 is 0. The summed E-state index contributed by atoms with van der Waals surface area (Å²) in [5, 5.41) is 12.7. The highest BCUT2D eigenvalue weighted by Gasteiger charge is 2.07. The Morgan fingerprint density at radius 3 is 2.75 bits per heavy atom. The van der Waals surface area contributed by atoms with Gasteiger partial charge in [0, 0.05) is 12.1 Å². The maximum Gasteiger partial charge on any atom is 0.319 e. The molecule has 0 fully saturated rings. The number of aryl methyl sites for hydroxylation is 2. The van der Waals surface area contributed by atoms with Gasteiger partial charge in [0.2, 0.25) is 11.8 Å². The number of nitrogens with one attached hydrogen (secondary N) is 2. The van der Waals surface area contributed by atoms with Gasteiger partial charge in [0.15, 0.2) is 0 Å². The predicted molar refractivity (Wildman–Crippen MR) is 70.7 cm³/mol. The third-order valence-electron chi connectivity index (χ3n) is 2.63. The number of rotatable bonds is 4. The fourth-order valence-electron chi connectivity index (χ4n) is 1.56. The first-order valence-corrected chi connectivity index (χ1v) is 6.20. The molecule has 0 spiro atoms. The standard InChI is InChI=1S/C13H15FN4O2/c1-3-11-17-18-12(20-11)7-15-13(19)16-9-4-5-10(14)8(2)6-9/h4-6H,3,7H2,1-2H3,(H2,15,16,19). The van der Waals surface area contributed by atoms with E-state index < -0.39 is 6.03 Å². The van der Waals surface area contributed by atoms with Gasteiger partial charge in [-0.1, -0.05) is 6.92 Å². The van der Waals surface area contributed by atoms with Crippen LogP contribution in [0.5, 0.6) is 0 Å². The van der Waals surface area contributed by atoms with Gasteiger partial charge in [-0.2, -0.15) is 0 Å². The number of nitrogens with zero attached hydrogens (tertiary/aromatic N) is 2. The first-order chi connectivity index (χ1) is 9.58. The Labute approximate surface area is 115 Å². The molecule has 1 aromatic carbocycles. The van der Waals surface area contributed by atoms with E-state index in [1.807, 2.05) is 6.92 Å². The van der Waals surface area contributed by atoms with E-state index in [0.717, 1.165) is 0 Å². The summed E-state index contributed by atoms with van der Waals surface area (Å²) in [6.45, 7) is 3.66. The predicted octanol–water partition coefficient (Wildman–Crippen LogP) is 2.40. The third kappa shape index (κ3) is 3.53. The molecule has 2 aromatic rings. The lowest BCUT2D eigenvalue weighted by Gasteiger charge is -2.07. The lowest BCUT2D eigenvalue weighted by atomic mass is 10.2. The van der Waals surface area contributed by atoms with E-state index in [2.05, 4.69) is 20.8 Å². The first kappa shape index (κ1) is 14.0. The highest BCUT2D eigenvalue weighted by molar-refractivity contribution is 5.89. The van der Waals surface area contributed by atoms with Crippen LogP contribution in [0.15, 0.2) is 22.6 Å². The summed E-state index contributed by atoms with van der Waals surface area (Å²) in [5.74, 6) is 0.553. The van der Waals surface area contributed by atoms with Crippen molar-refractivity contribution in [1.82, 2.24) is 15.5 Å². The monoisotopic (exact) mass is 278 g/mol. The Bertz CT molecular complexity index is 612. The van der Waals surface area contributed by atoms with Gasteiger partial charge in [-0.15, -0.1) is 10.2 Å². The van der Waals surface area contributed by atoms with Gasteiger partial charge in [-0.05, 0) is 30.7 Å². The van der Waals surface area contributed by atoms with E-state index in [0.29, 0.717) is 29.5 Å². The Morgan fingerprint density at radius 1 is 1.35 bits per heavy atom. The number of urea groups is 1. The van der Waals surface area contributed by atoms with Gasteiger partial charge in [0.05, 0.1) is 6.54 Å². The van der Waals surface area contributed by atoms with Crippen molar-refractivity contribution < 1.29 is 13.6 Å². The average molecular weight is 278 g/mol. The van der Waals surface area contributed by atoms with Crippen molar-refractivity contribution in [3.05, 3.63) is 41.4 Å². The molecule has 106 valence electrons. The van der Waals surface area contributed by atoms with E-state index in [-0.39, 0.29) is 12.4 Å². The lowest BCUT2D eigenvalue weighted by molar-refractivity contribution is 0.250. The van der Waals surface area contributed by atoms with Crippen molar-refractivity contribution in [3.63, 3.8) is 0 Å². The smallest absolute Gasteiger partial charge is 0.319 e. The first-order valence-electron chi connectivity index (χ1n) is 6.20. The van der Waals surface area contributed by atoms with Crippen LogP contribution >= 0.6 is 0 Å². The number of amides is 2. The molecule has 0 atom stereocenters. The molecule has 2 amide bonds. The maximum absolute atomic E-state index is 13.1. The van der Waals surface area contributed by atoms with Crippen molar-refractivity contribution in [2.75, 3.05) is 5.32 Å². The minimum atomic E-state index is -0.424. The number of hydrogen-bond donors (Lipinski definition) is 2. The zero-order valence-corrected chi connectivity index (χ0v) is 11.2. The highest BCUT2D eigenvalue weighted by atomic mass is 19.1. The Balaban J connectivity index is 1.87. The Kier molecular flexibility index (Phi) is 4.29. The van der Waals surface area contributed by atoms with Crippen LogP contribution in [-0.4, -0.2) is 16.2 Å². The molecule has 20 heavy (non-hydrogen) atoms. The Hall–Kier alpha value is -2.44. The summed E-state index contributed by atoms with van der Waals surface area (Å²) in [7, 11) is 0. The van der Waals surface area contributed by atoms with E-state index in [1.165, 1.54) is 12.1 Å². The second kappa shape index (κ2) is 6.14. The van der Waals surface area contributed by atoms with Crippen LogP contribution in [0, 0.1) is 12.7 Å². The van der Waals surface area contributed by atoms with E-state index >= 15 is 0 Å². The number of halogens is 1. The molecule has 6 nitrogen and oxygen atoms in total. The molecule has 0 aliphatic heterocycles. The van der Waals surface area contributed by atoms with Crippen LogP contribution in [0.1, 0.15) is 24.3 Å². The molecular formula is C13H15FN4O2. The topological polar surface area (TPSA) is 80.0 Å². The normalized spacial score (nSPS) is 10.3. The Morgan fingerprint density at radius 2 is 2.10 bits per heavy atom. The van der Waals surface area contributed by atoms with Crippen molar-refractivity contribution >= 4 is 11.7 Å². The number of carbonyl (C=O) groups is 1. The summed E-state index contributed by atoms with van der Waals surface area (Å²) < 4.78 is 18.3. The SMILES string of the molecule is CCc1nnc(CNC(=O)Nc2ccc(F)c(C)c2)o1. The molecule has 0 unspecified atom stereocenters. The van der Waals surface area contributed by atoms with Gasteiger partial charge in [-0.25, -0.2) is 9.18 Å². The summed E-state index contributed by atoms with van der Waals surface area (Å²) in [4.78, 5) is 11.7. The minimum Gasteiger partial charge on any atom is -0.423 e. The largest absolute Gasteiger partial charge is 0.423 e. The van der Waals surface area contributed by atoms with Gasteiger partial charge >= 0.3 is 6.03 Å². The van der Waals surface area contributed by atoms with Crippen LogP contribution in [0.2, 0.25) is 0 Å². The molecule has 2 rings (SSSR count). The molecule has 0 bridgehead atoms. The second-order valence-corrected chi connectivity index (χ2v) is 4.21. The van der Waals surface area contributed by atoms with Gasteiger partial charge in [0.25, 0.3) is 0 Å². The summed E-state index contributed by atoms with van der Waals surface area (Å²) in [5.41, 5.74) is 0.980. The van der Waals surface area contributed by atoms with E-state index in [4.69, 9.17) is 4.42 Å². The summed E-state index contributed by atoms with van der Waals surface area (Å²) in [6.07, 6.45) is 0.647. The van der Waals surface area contributed by atoms with Gasteiger partial charge < -0.3 is 15.1 Å². The molecule has 0 aliphatic carbocycles. The van der Waals surface area contributed by atoms with Gasteiger partial charge in [0.1, 0.15) is 5.82 Å². The highest BCUT2D eigenvalue weighted by Crippen LogP contribution is 2.13. The number of aromatic nitrogens is 2. The molecule has 0 aliphatic rings.